The Bertz CT molecular complexity index is 505. The molecule has 0 fully saturated rings. The largest absolute Gasteiger partial charge is 0.496 e. The van der Waals surface area contributed by atoms with Crippen LogP contribution in [0.4, 0.5) is 0 Å². The highest BCUT2D eigenvalue weighted by Gasteiger charge is 2.09. The summed E-state index contributed by atoms with van der Waals surface area (Å²) in [7, 11) is 1.67. The second kappa shape index (κ2) is 5.01. The third-order valence-corrected chi connectivity index (χ3v) is 2.68. The Kier molecular flexibility index (Phi) is 3.44. The van der Waals surface area contributed by atoms with Gasteiger partial charge in [-0.3, -0.25) is 5.10 Å². The summed E-state index contributed by atoms with van der Waals surface area (Å²) in [5, 5.41) is 7.28. The van der Waals surface area contributed by atoms with Crippen molar-refractivity contribution in [3.8, 4) is 17.0 Å². The van der Waals surface area contributed by atoms with Gasteiger partial charge in [-0.15, -0.1) is 0 Å². The smallest absolute Gasteiger partial charge is 0.128 e. The number of nitrogens with zero attached hydrogens (tertiary/aromatic N) is 1. The average Bonchev–Trinajstić information content (AvgIpc) is 2.78. The molecule has 1 heterocycles. The van der Waals surface area contributed by atoms with Crippen molar-refractivity contribution < 1.29 is 4.74 Å². The molecule has 1 aromatic carbocycles. The third-order valence-electron chi connectivity index (χ3n) is 2.68. The van der Waals surface area contributed by atoms with Gasteiger partial charge in [0.15, 0.2) is 0 Å². The van der Waals surface area contributed by atoms with Crippen LogP contribution in [-0.2, 0) is 6.42 Å². The zero-order valence-electron chi connectivity index (χ0n) is 10.2. The van der Waals surface area contributed by atoms with Crippen LogP contribution in [0.25, 0.3) is 11.3 Å². The standard InChI is InChI=1S/C13H17N3O/c1-9-3-4-13(17-2)11(7-9)12-8-10(5-6-14)15-16-12/h3-4,7-8H,5-6,14H2,1-2H3,(H,15,16). The molecule has 1 aromatic heterocycles. The molecule has 0 spiro atoms. The predicted molar refractivity (Wildman–Crippen MR) is 68.1 cm³/mol. The summed E-state index contributed by atoms with van der Waals surface area (Å²) in [5.41, 5.74) is 9.65. The number of aromatic nitrogens is 2. The van der Waals surface area contributed by atoms with E-state index in [9.17, 15) is 0 Å². The van der Waals surface area contributed by atoms with Crippen LogP contribution in [0, 0.1) is 6.92 Å². The van der Waals surface area contributed by atoms with Crippen molar-refractivity contribution in [1.82, 2.24) is 10.2 Å². The second-order valence-electron chi connectivity index (χ2n) is 4.02. The van der Waals surface area contributed by atoms with Crippen LogP contribution in [-0.4, -0.2) is 23.9 Å². The van der Waals surface area contributed by atoms with Crippen molar-refractivity contribution in [2.24, 2.45) is 5.73 Å². The quantitative estimate of drug-likeness (QED) is 0.844. The van der Waals surface area contributed by atoms with Gasteiger partial charge in [0.25, 0.3) is 0 Å². The highest BCUT2D eigenvalue weighted by molar-refractivity contribution is 5.68. The molecule has 2 aromatic rings. The minimum atomic E-state index is 0.618. The molecule has 0 saturated heterocycles. The molecule has 2 rings (SSSR count). The van der Waals surface area contributed by atoms with Crippen LogP contribution >= 0.6 is 0 Å². The highest BCUT2D eigenvalue weighted by atomic mass is 16.5. The number of ether oxygens (including phenoxy) is 1. The number of nitrogens with one attached hydrogen (secondary N) is 1. The van der Waals surface area contributed by atoms with Crippen molar-refractivity contribution in [2.75, 3.05) is 13.7 Å². The molecule has 4 heteroatoms. The predicted octanol–water partition coefficient (Wildman–Crippen LogP) is 1.89. The zero-order valence-corrected chi connectivity index (χ0v) is 10.2. The fourth-order valence-electron chi connectivity index (χ4n) is 1.81. The summed E-state index contributed by atoms with van der Waals surface area (Å²) in [6.07, 6.45) is 0.807. The first-order chi connectivity index (χ1) is 8.24. The lowest BCUT2D eigenvalue weighted by Gasteiger charge is -2.06. The molecule has 0 unspecified atom stereocenters. The normalized spacial score (nSPS) is 10.5. The second-order valence-corrected chi connectivity index (χ2v) is 4.02. The van der Waals surface area contributed by atoms with E-state index < -0.39 is 0 Å². The van der Waals surface area contributed by atoms with Crippen molar-refractivity contribution in [2.45, 2.75) is 13.3 Å². The lowest BCUT2D eigenvalue weighted by atomic mass is 10.1. The van der Waals surface area contributed by atoms with E-state index >= 15 is 0 Å². The first-order valence-electron chi connectivity index (χ1n) is 5.64. The Morgan fingerprint density at radius 2 is 2.18 bits per heavy atom. The summed E-state index contributed by atoms with van der Waals surface area (Å²) in [5.74, 6) is 0.835. The Labute approximate surface area is 101 Å². The van der Waals surface area contributed by atoms with E-state index in [4.69, 9.17) is 10.5 Å². The first kappa shape index (κ1) is 11.7. The molecule has 17 heavy (non-hydrogen) atoms. The number of hydrogen-bond donors (Lipinski definition) is 2. The summed E-state index contributed by atoms with van der Waals surface area (Å²) in [6.45, 7) is 2.67. The lowest BCUT2D eigenvalue weighted by Crippen LogP contribution is -2.02. The van der Waals surface area contributed by atoms with E-state index in [1.807, 2.05) is 18.2 Å². The fourth-order valence-corrected chi connectivity index (χ4v) is 1.81. The SMILES string of the molecule is COc1ccc(C)cc1-c1cc(CCN)[nH]n1. The number of H-pyrrole nitrogens is 1. The van der Waals surface area contributed by atoms with Gasteiger partial charge in [-0.2, -0.15) is 5.10 Å². The molecular formula is C13H17N3O. The Morgan fingerprint density at radius 3 is 2.88 bits per heavy atom. The fraction of sp³-hybridized carbons (Fsp3) is 0.308. The summed E-state index contributed by atoms with van der Waals surface area (Å²) < 4.78 is 5.35. The summed E-state index contributed by atoms with van der Waals surface area (Å²) in [6, 6.07) is 8.07. The number of methoxy groups -OCH3 is 1. The molecule has 90 valence electrons. The van der Waals surface area contributed by atoms with E-state index in [-0.39, 0.29) is 0 Å². The van der Waals surface area contributed by atoms with Crippen LogP contribution in [0.1, 0.15) is 11.3 Å². The minimum absolute atomic E-state index is 0.618. The molecule has 0 aliphatic rings. The maximum Gasteiger partial charge on any atom is 0.128 e. The Hall–Kier alpha value is -1.81. The van der Waals surface area contributed by atoms with Gasteiger partial charge in [-0.1, -0.05) is 11.6 Å². The third kappa shape index (κ3) is 2.47. The Morgan fingerprint density at radius 1 is 1.35 bits per heavy atom. The van der Waals surface area contributed by atoms with Gasteiger partial charge in [0, 0.05) is 17.7 Å². The molecule has 4 nitrogen and oxygen atoms in total. The van der Waals surface area contributed by atoms with Gasteiger partial charge in [-0.25, -0.2) is 0 Å². The molecule has 0 aliphatic carbocycles. The van der Waals surface area contributed by atoms with Gasteiger partial charge in [-0.05, 0) is 31.7 Å². The molecular weight excluding hydrogens is 214 g/mol. The first-order valence-corrected chi connectivity index (χ1v) is 5.64. The number of hydrogen-bond acceptors (Lipinski definition) is 3. The van der Waals surface area contributed by atoms with E-state index in [1.165, 1.54) is 5.56 Å². The maximum atomic E-state index is 5.52. The molecule has 0 radical (unpaired) electrons. The monoisotopic (exact) mass is 231 g/mol. The zero-order chi connectivity index (χ0) is 12.3. The lowest BCUT2D eigenvalue weighted by molar-refractivity contribution is 0.416. The molecule has 3 N–H and O–H groups in total. The summed E-state index contributed by atoms with van der Waals surface area (Å²) in [4.78, 5) is 0. The van der Waals surface area contributed by atoms with Gasteiger partial charge < -0.3 is 10.5 Å². The van der Waals surface area contributed by atoms with Gasteiger partial charge in [0.2, 0.25) is 0 Å². The van der Waals surface area contributed by atoms with Crippen LogP contribution in [0.15, 0.2) is 24.3 Å². The number of rotatable bonds is 4. The maximum absolute atomic E-state index is 5.52. The van der Waals surface area contributed by atoms with Crippen LogP contribution in [0.3, 0.4) is 0 Å². The highest BCUT2D eigenvalue weighted by Crippen LogP contribution is 2.29. The molecule has 0 bridgehead atoms. The van der Waals surface area contributed by atoms with Crippen molar-refractivity contribution in [3.05, 3.63) is 35.5 Å². The van der Waals surface area contributed by atoms with Crippen molar-refractivity contribution in [1.29, 1.82) is 0 Å². The van der Waals surface area contributed by atoms with Crippen LogP contribution in [0.5, 0.6) is 5.75 Å². The van der Waals surface area contributed by atoms with E-state index in [0.29, 0.717) is 6.54 Å². The number of benzene rings is 1. The average molecular weight is 231 g/mol. The molecule has 0 amide bonds. The van der Waals surface area contributed by atoms with Gasteiger partial charge in [0.05, 0.1) is 12.8 Å². The number of aryl methyl sites for hydroxylation is 1. The Balaban J connectivity index is 2.40. The van der Waals surface area contributed by atoms with Crippen molar-refractivity contribution >= 4 is 0 Å². The summed E-state index contributed by atoms with van der Waals surface area (Å²) >= 11 is 0. The van der Waals surface area contributed by atoms with E-state index in [1.54, 1.807) is 7.11 Å². The van der Waals surface area contributed by atoms with Crippen molar-refractivity contribution in [3.63, 3.8) is 0 Å². The number of aromatic amines is 1. The van der Waals surface area contributed by atoms with E-state index in [2.05, 4.69) is 23.2 Å². The molecule has 0 saturated carbocycles. The van der Waals surface area contributed by atoms with Gasteiger partial charge >= 0.3 is 0 Å². The van der Waals surface area contributed by atoms with Crippen LogP contribution in [0.2, 0.25) is 0 Å². The number of nitrogens with two attached hydrogens (primary N) is 1. The van der Waals surface area contributed by atoms with Gasteiger partial charge in [0.1, 0.15) is 5.75 Å². The topological polar surface area (TPSA) is 63.9 Å². The van der Waals surface area contributed by atoms with E-state index in [0.717, 1.165) is 29.1 Å². The minimum Gasteiger partial charge on any atom is -0.496 e. The molecule has 0 atom stereocenters. The van der Waals surface area contributed by atoms with Crippen LogP contribution < -0.4 is 10.5 Å². The molecule has 0 aliphatic heterocycles.